The second-order valence-electron chi connectivity index (χ2n) is 7.77. The molecule has 156 valence electrons. The van der Waals surface area contributed by atoms with Crippen LogP contribution in [0.15, 0.2) is 33.9 Å². The van der Waals surface area contributed by atoms with Gasteiger partial charge in [0.1, 0.15) is 0 Å². The number of amides is 1. The lowest BCUT2D eigenvalue weighted by Gasteiger charge is -2.34. The molecule has 1 unspecified atom stereocenters. The lowest BCUT2D eigenvalue weighted by Crippen LogP contribution is -2.47. The second kappa shape index (κ2) is 8.47. The van der Waals surface area contributed by atoms with E-state index in [1.54, 1.807) is 0 Å². The van der Waals surface area contributed by atoms with Gasteiger partial charge in [0.15, 0.2) is 9.84 Å². The summed E-state index contributed by atoms with van der Waals surface area (Å²) >= 11 is 1.21. The zero-order chi connectivity index (χ0) is 20.4. The molecule has 1 aliphatic heterocycles. The molecule has 2 heterocycles. The van der Waals surface area contributed by atoms with Gasteiger partial charge in [-0.1, -0.05) is 42.8 Å². The smallest absolute Gasteiger partial charge is 0.277 e. The van der Waals surface area contributed by atoms with Gasteiger partial charge >= 0.3 is 0 Å². The fourth-order valence-corrected chi connectivity index (χ4v) is 6.61. The summed E-state index contributed by atoms with van der Waals surface area (Å²) in [4.78, 5) is 14.9. The molecule has 1 atom stereocenters. The Balaban J connectivity index is 1.44. The predicted octanol–water partition coefficient (Wildman–Crippen LogP) is 3.10. The van der Waals surface area contributed by atoms with Crippen LogP contribution < -0.4 is 0 Å². The van der Waals surface area contributed by atoms with Gasteiger partial charge in [-0.3, -0.25) is 4.79 Å². The molecule has 0 radical (unpaired) electrons. The van der Waals surface area contributed by atoms with Crippen LogP contribution in [0.25, 0.3) is 11.5 Å². The monoisotopic (exact) mass is 435 g/mol. The summed E-state index contributed by atoms with van der Waals surface area (Å²) in [5, 5.41) is 8.51. The van der Waals surface area contributed by atoms with Crippen LogP contribution in [-0.2, 0) is 14.6 Å². The first kappa shape index (κ1) is 20.4. The second-order valence-corrected chi connectivity index (χ2v) is 10.9. The van der Waals surface area contributed by atoms with Crippen LogP contribution >= 0.6 is 11.8 Å². The maximum atomic E-state index is 13.1. The van der Waals surface area contributed by atoms with Crippen molar-refractivity contribution in [3.8, 4) is 11.5 Å². The lowest BCUT2D eigenvalue weighted by atomic mass is 10.1. The topological polar surface area (TPSA) is 93.4 Å². The Morgan fingerprint density at radius 3 is 2.62 bits per heavy atom. The number of rotatable bonds is 6. The Morgan fingerprint density at radius 1 is 1.17 bits per heavy atom. The van der Waals surface area contributed by atoms with Crippen LogP contribution in [0.3, 0.4) is 0 Å². The molecule has 4 rings (SSSR count). The van der Waals surface area contributed by atoms with E-state index in [4.69, 9.17) is 4.42 Å². The van der Waals surface area contributed by atoms with Crippen molar-refractivity contribution in [2.45, 2.75) is 56.3 Å². The molecular formula is C20H25N3O4S2. The molecule has 0 bridgehead atoms. The largest absolute Gasteiger partial charge is 0.411 e. The molecule has 29 heavy (non-hydrogen) atoms. The van der Waals surface area contributed by atoms with Crippen LogP contribution in [0.2, 0.25) is 0 Å². The first-order valence-corrected chi connectivity index (χ1v) is 12.8. The summed E-state index contributed by atoms with van der Waals surface area (Å²) in [6, 6.07) is 7.70. The van der Waals surface area contributed by atoms with Crippen LogP contribution in [0.4, 0.5) is 0 Å². The number of sulfone groups is 1. The van der Waals surface area contributed by atoms with E-state index in [0.29, 0.717) is 17.5 Å². The highest BCUT2D eigenvalue weighted by Gasteiger charge is 2.39. The molecule has 1 saturated heterocycles. The third-order valence-electron chi connectivity index (χ3n) is 5.71. The Kier molecular flexibility index (Phi) is 5.96. The number of aryl methyl sites for hydroxylation is 1. The summed E-state index contributed by atoms with van der Waals surface area (Å²) in [5.41, 5.74) is 1.92. The van der Waals surface area contributed by atoms with E-state index in [-0.39, 0.29) is 35.2 Å². The molecule has 9 heteroatoms. The molecular weight excluding hydrogens is 410 g/mol. The number of thioether (sulfide) groups is 1. The summed E-state index contributed by atoms with van der Waals surface area (Å²) in [5.74, 6) is 0.817. The minimum absolute atomic E-state index is 0.0420. The van der Waals surface area contributed by atoms with Crippen molar-refractivity contribution in [1.29, 1.82) is 0 Å². The van der Waals surface area contributed by atoms with Crippen LogP contribution in [0, 0.1) is 6.92 Å². The summed E-state index contributed by atoms with van der Waals surface area (Å²) in [6.45, 7) is 1.98. The van der Waals surface area contributed by atoms with E-state index >= 15 is 0 Å². The van der Waals surface area contributed by atoms with Crippen molar-refractivity contribution >= 4 is 27.5 Å². The number of carbonyl (C=O) groups excluding carboxylic acids is 1. The number of nitrogens with zero attached hydrogens (tertiary/aromatic N) is 3. The number of carbonyl (C=O) groups is 1. The van der Waals surface area contributed by atoms with Gasteiger partial charge in [-0.05, 0) is 37.8 Å². The van der Waals surface area contributed by atoms with Crippen LogP contribution in [0.1, 0.15) is 37.7 Å². The van der Waals surface area contributed by atoms with E-state index < -0.39 is 9.84 Å². The Hall–Kier alpha value is -1.87. The standard InChI is InChI=1S/C20H25N3O4S2/c1-14-6-2-5-9-17(14)19-21-22-20(27-19)28-12-18(24)23(15-7-3-4-8-15)16-10-11-29(25,26)13-16/h2,5-6,9,15-16H,3-4,7-8,10-13H2,1H3. The van der Waals surface area contributed by atoms with Gasteiger partial charge in [0, 0.05) is 17.6 Å². The highest BCUT2D eigenvalue weighted by molar-refractivity contribution is 7.99. The maximum Gasteiger partial charge on any atom is 0.277 e. The molecule has 1 saturated carbocycles. The van der Waals surface area contributed by atoms with Crippen molar-refractivity contribution < 1.29 is 17.6 Å². The van der Waals surface area contributed by atoms with Gasteiger partial charge in [-0.2, -0.15) is 0 Å². The van der Waals surface area contributed by atoms with Crippen molar-refractivity contribution in [3.05, 3.63) is 29.8 Å². The van der Waals surface area contributed by atoms with E-state index in [0.717, 1.165) is 36.8 Å². The van der Waals surface area contributed by atoms with E-state index in [1.165, 1.54) is 11.8 Å². The minimum Gasteiger partial charge on any atom is -0.411 e. The fourth-order valence-electron chi connectivity index (χ4n) is 4.27. The van der Waals surface area contributed by atoms with Gasteiger partial charge < -0.3 is 9.32 Å². The van der Waals surface area contributed by atoms with Crippen molar-refractivity contribution in [2.75, 3.05) is 17.3 Å². The normalized spacial score (nSPS) is 21.5. The zero-order valence-corrected chi connectivity index (χ0v) is 18.0. The molecule has 7 nitrogen and oxygen atoms in total. The zero-order valence-electron chi connectivity index (χ0n) is 16.4. The molecule has 1 aliphatic carbocycles. The molecule has 1 aromatic heterocycles. The highest BCUT2D eigenvalue weighted by atomic mass is 32.2. The lowest BCUT2D eigenvalue weighted by molar-refractivity contribution is -0.132. The van der Waals surface area contributed by atoms with Crippen LogP contribution in [0.5, 0.6) is 0 Å². The highest BCUT2D eigenvalue weighted by Crippen LogP contribution is 2.31. The number of hydrogen-bond acceptors (Lipinski definition) is 7. The SMILES string of the molecule is Cc1ccccc1-c1nnc(SCC(=O)N(C2CCCC2)C2CCS(=O)(=O)C2)o1. The third kappa shape index (κ3) is 4.66. The van der Waals surface area contributed by atoms with E-state index in [2.05, 4.69) is 10.2 Å². The van der Waals surface area contributed by atoms with Crippen LogP contribution in [-0.4, -0.2) is 58.8 Å². The predicted molar refractivity (Wildman–Crippen MR) is 111 cm³/mol. The number of benzene rings is 1. The van der Waals surface area contributed by atoms with Gasteiger partial charge in [-0.25, -0.2) is 8.42 Å². The average Bonchev–Trinajstić information content (AvgIpc) is 3.43. The van der Waals surface area contributed by atoms with Gasteiger partial charge in [0.25, 0.3) is 5.22 Å². The van der Waals surface area contributed by atoms with E-state index in [1.807, 2.05) is 36.1 Å². The van der Waals surface area contributed by atoms with Crippen molar-refractivity contribution in [1.82, 2.24) is 15.1 Å². The Labute approximate surface area is 175 Å². The van der Waals surface area contributed by atoms with Gasteiger partial charge in [-0.15, -0.1) is 10.2 Å². The maximum absolute atomic E-state index is 13.1. The molecule has 2 aliphatic rings. The quantitative estimate of drug-likeness (QED) is 0.644. The summed E-state index contributed by atoms with van der Waals surface area (Å²) in [7, 11) is -3.04. The van der Waals surface area contributed by atoms with Crippen molar-refractivity contribution in [3.63, 3.8) is 0 Å². The molecule has 2 aromatic rings. The molecule has 1 aromatic carbocycles. The summed E-state index contributed by atoms with van der Waals surface area (Å²) < 4.78 is 29.6. The third-order valence-corrected chi connectivity index (χ3v) is 8.26. The minimum atomic E-state index is -3.04. The van der Waals surface area contributed by atoms with E-state index in [9.17, 15) is 13.2 Å². The number of aromatic nitrogens is 2. The fraction of sp³-hybridized carbons (Fsp3) is 0.550. The molecule has 0 N–H and O–H groups in total. The van der Waals surface area contributed by atoms with Crippen molar-refractivity contribution in [2.24, 2.45) is 0 Å². The molecule has 1 amide bonds. The first-order chi connectivity index (χ1) is 13.9. The average molecular weight is 436 g/mol. The Morgan fingerprint density at radius 2 is 1.93 bits per heavy atom. The summed E-state index contributed by atoms with van der Waals surface area (Å²) in [6.07, 6.45) is 4.61. The van der Waals surface area contributed by atoms with Gasteiger partial charge in [0.2, 0.25) is 11.8 Å². The number of hydrogen-bond donors (Lipinski definition) is 0. The van der Waals surface area contributed by atoms with Gasteiger partial charge in [0.05, 0.1) is 17.3 Å². The molecule has 0 spiro atoms. The Bertz CT molecular complexity index is 983. The first-order valence-electron chi connectivity index (χ1n) is 9.97. The molecule has 2 fully saturated rings.